The summed E-state index contributed by atoms with van der Waals surface area (Å²) in [7, 11) is 0. The highest BCUT2D eigenvalue weighted by atomic mass is 35.5. The molecule has 2 heterocycles. The van der Waals surface area contributed by atoms with E-state index in [1.807, 2.05) is 45.0 Å². The fraction of sp³-hybridized carbons (Fsp3) is 0.200. The number of aromatic hydroxyl groups is 1. The number of aliphatic hydroxyl groups excluding tert-OH is 1. The van der Waals surface area contributed by atoms with Gasteiger partial charge in [-0.05, 0) is 80.4 Å². The Morgan fingerprint density at radius 1 is 1.00 bits per heavy atom. The molecule has 1 aliphatic heterocycles. The number of rotatable bonds is 6. The van der Waals surface area contributed by atoms with Gasteiger partial charge in [0, 0.05) is 17.0 Å². The van der Waals surface area contributed by atoms with Crippen LogP contribution in [0.3, 0.4) is 0 Å². The SMILES string of the molecule is CC(C)(C)Oc1ccc(CN2C(=O)C(O)=C(C(=O)c3cc4cc(Cl)ccc4o3)C2c2ccc(O)cc2)cc1. The van der Waals surface area contributed by atoms with Gasteiger partial charge in [0.05, 0.1) is 11.6 Å². The highest BCUT2D eigenvalue weighted by Gasteiger charge is 2.44. The Kier molecular flexibility index (Phi) is 6.41. The first-order valence-electron chi connectivity index (χ1n) is 12.0. The summed E-state index contributed by atoms with van der Waals surface area (Å²) in [6.07, 6.45) is 0. The van der Waals surface area contributed by atoms with E-state index in [0.29, 0.717) is 27.3 Å². The van der Waals surface area contributed by atoms with Crippen LogP contribution in [0.1, 0.15) is 48.5 Å². The summed E-state index contributed by atoms with van der Waals surface area (Å²) >= 11 is 6.07. The van der Waals surface area contributed by atoms with Crippen LogP contribution in [-0.2, 0) is 11.3 Å². The Bertz CT molecular complexity index is 1560. The third-order valence-corrected chi connectivity index (χ3v) is 6.39. The van der Waals surface area contributed by atoms with Crippen molar-refractivity contribution >= 4 is 34.3 Å². The van der Waals surface area contributed by atoms with Crippen LogP contribution in [0.25, 0.3) is 11.0 Å². The fourth-order valence-corrected chi connectivity index (χ4v) is 4.70. The number of amides is 1. The minimum Gasteiger partial charge on any atom is -0.508 e. The second-order valence-corrected chi connectivity index (χ2v) is 10.6. The third-order valence-electron chi connectivity index (χ3n) is 6.16. The summed E-state index contributed by atoms with van der Waals surface area (Å²) in [4.78, 5) is 28.4. The van der Waals surface area contributed by atoms with Crippen LogP contribution in [0, 0.1) is 0 Å². The number of nitrogens with zero attached hydrogens (tertiary/aromatic N) is 1. The lowest BCUT2D eigenvalue weighted by molar-refractivity contribution is -0.130. The average Bonchev–Trinajstić information content (AvgIpc) is 3.39. The first-order valence-corrected chi connectivity index (χ1v) is 12.4. The molecule has 0 spiro atoms. The van der Waals surface area contributed by atoms with E-state index >= 15 is 0 Å². The molecular weight excluding hydrogens is 506 g/mol. The lowest BCUT2D eigenvalue weighted by Gasteiger charge is -2.27. The smallest absolute Gasteiger partial charge is 0.290 e. The van der Waals surface area contributed by atoms with Crippen LogP contribution in [0.4, 0.5) is 0 Å². The molecule has 1 aliphatic rings. The topological polar surface area (TPSA) is 100 Å². The normalized spacial score (nSPS) is 15.9. The Balaban J connectivity index is 1.52. The van der Waals surface area contributed by atoms with Crippen molar-refractivity contribution in [1.82, 2.24) is 4.90 Å². The maximum absolute atomic E-state index is 13.7. The van der Waals surface area contributed by atoms with Gasteiger partial charge in [-0.2, -0.15) is 0 Å². The molecule has 0 radical (unpaired) electrons. The van der Waals surface area contributed by atoms with E-state index in [9.17, 15) is 19.8 Å². The van der Waals surface area contributed by atoms with Gasteiger partial charge >= 0.3 is 0 Å². The van der Waals surface area contributed by atoms with Gasteiger partial charge in [0.15, 0.2) is 11.5 Å². The zero-order chi connectivity index (χ0) is 27.2. The molecule has 5 rings (SSSR count). The van der Waals surface area contributed by atoms with E-state index in [2.05, 4.69) is 0 Å². The third kappa shape index (κ3) is 4.97. The summed E-state index contributed by atoms with van der Waals surface area (Å²) in [5.41, 5.74) is 1.33. The number of hydrogen-bond donors (Lipinski definition) is 2. The standard InChI is InChI=1S/C30H26ClNO6/c1-30(2,3)38-22-11-4-17(5-12-22)16-32-26(18-6-9-21(33)10-7-18)25(28(35)29(32)36)27(34)24-15-19-14-20(31)8-13-23(19)37-24/h4-15,26,33,35H,16H2,1-3H3. The van der Waals surface area contributed by atoms with E-state index in [1.54, 1.807) is 36.4 Å². The molecule has 0 bridgehead atoms. The van der Waals surface area contributed by atoms with E-state index in [0.717, 1.165) is 5.56 Å². The minimum atomic E-state index is -0.905. The molecule has 3 aromatic carbocycles. The van der Waals surface area contributed by atoms with Gasteiger partial charge in [-0.3, -0.25) is 9.59 Å². The van der Waals surface area contributed by atoms with Crippen molar-refractivity contribution < 1.29 is 29.0 Å². The van der Waals surface area contributed by atoms with Crippen molar-refractivity contribution in [3.05, 3.63) is 106 Å². The van der Waals surface area contributed by atoms with Gasteiger partial charge < -0.3 is 24.3 Å². The molecule has 0 saturated carbocycles. The largest absolute Gasteiger partial charge is 0.508 e. The number of phenolic OH excluding ortho intramolecular Hbond substituents is 1. The molecule has 1 unspecified atom stereocenters. The molecule has 1 atom stereocenters. The number of ketones is 1. The number of hydrogen-bond acceptors (Lipinski definition) is 6. The van der Waals surface area contributed by atoms with Crippen LogP contribution in [-0.4, -0.2) is 32.4 Å². The van der Waals surface area contributed by atoms with Crippen molar-refractivity contribution in [2.24, 2.45) is 0 Å². The number of benzene rings is 3. The monoisotopic (exact) mass is 531 g/mol. The molecular formula is C30H26ClNO6. The zero-order valence-corrected chi connectivity index (χ0v) is 21.8. The molecule has 8 heteroatoms. The molecule has 38 heavy (non-hydrogen) atoms. The Labute approximate surface area is 224 Å². The number of fused-ring (bicyclic) bond motifs is 1. The predicted octanol–water partition coefficient (Wildman–Crippen LogP) is 6.75. The predicted molar refractivity (Wildman–Crippen MR) is 143 cm³/mol. The number of furan rings is 1. The first kappa shape index (κ1) is 25.4. The summed E-state index contributed by atoms with van der Waals surface area (Å²) in [6, 6.07) is 19.1. The highest BCUT2D eigenvalue weighted by molar-refractivity contribution is 6.31. The quantitative estimate of drug-likeness (QED) is 0.267. The summed E-state index contributed by atoms with van der Waals surface area (Å²) in [6.45, 7) is 5.98. The second kappa shape index (κ2) is 9.58. The van der Waals surface area contributed by atoms with E-state index < -0.39 is 23.5 Å². The highest BCUT2D eigenvalue weighted by Crippen LogP contribution is 2.41. The van der Waals surface area contributed by atoms with Crippen molar-refractivity contribution in [2.75, 3.05) is 0 Å². The fourth-order valence-electron chi connectivity index (χ4n) is 4.52. The summed E-state index contributed by atoms with van der Waals surface area (Å²) in [5.74, 6) is -1.23. The minimum absolute atomic E-state index is 0.0223. The number of Topliss-reactive ketones (excluding diaryl/α,β-unsaturated/α-hetero) is 1. The zero-order valence-electron chi connectivity index (χ0n) is 21.1. The lowest BCUT2D eigenvalue weighted by atomic mass is 9.94. The lowest BCUT2D eigenvalue weighted by Crippen LogP contribution is -2.30. The van der Waals surface area contributed by atoms with Crippen LogP contribution >= 0.6 is 11.6 Å². The Hall–Kier alpha value is -4.23. The molecule has 194 valence electrons. The average molecular weight is 532 g/mol. The van der Waals surface area contributed by atoms with Crippen molar-refractivity contribution in [2.45, 2.75) is 39.0 Å². The summed E-state index contributed by atoms with van der Waals surface area (Å²) < 4.78 is 11.6. The van der Waals surface area contributed by atoms with Crippen LogP contribution in [0.15, 0.2) is 88.5 Å². The van der Waals surface area contributed by atoms with Gasteiger partial charge in [-0.25, -0.2) is 0 Å². The van der Waals surface area contributed by atoms with Gasteiger partial charge in [-0.1, -0.05) is 35.9 Å². The first-order chi connectivity index (χ1) is 18.0. The number of carbonyl (C=O) groups excluding carboxylic acids is 2. The Morgan fingerprint density at radius 2 is 1.68 bits per heavy atom. The van der Waals surface area contributed by atoms with E-state index in [1.165, 1.54) is 17.0 Å². The molecule has 1 aromatic heterocycles. The van der Waals surface area contributed by atoms with E-state index in [-0.39, 0.29) is 29.2 Å². The number of ether oxygens (including phenoxy) is 1. The molecule has 0 aliphatic carbocycles. The van der Waals surface area contributed by atoms with Crippen LogP contribution in [0.2, 0.25) is 5.02 Å². The number of aliphatic hydroxyl groups is 1. The number of carbonyl (C=O) groups is 2. The van der Waals surface area contributed by atoms with Gasteiger partial charge in [0.2, 0.25) is 5.78 Å². The molecule has 0 saturated heterocycles. The van der Waals surface area contributed by atoms with Crippen LogP contribution < -0.4 is 4.74 Å². The molecule has 4 aromatic rings. The van der Waals surface area contributed by atoms with Gasteiger partial charge in [0.25, 0.3) is 5.91 Å². The van der Waals surface area contributed by atoms with Gasteiger partial charge in [0.1, 0.15) is 22.7 Å². The maximum atomic E-state index is 13.7. The summed E-state index contributed by atoms with van der Waals surface area (Å²) in [5, 5.41) is 21.9. The molecule has 1 amide bonds. The van der Waals surface area contributed by atoms with Gasteiger partial charge in [-0.15, -0.1) is 0 Å². The second-order valence-electron chi connectivity index (χ2n) is 10.2. The van der Waals surface area contributed by atoms with Crippen molar-refractivity contribution in [3.63, 3.8) is 0 Å². The Morgan fingerprint density at radius 3 is 2.34 bits per heavy atom. The number of halogens is 1. The molecule has 0 fully saturated rings. The number of phenols is 1. The van der Waals surface area contributed by atoms with Crippen LogP contribution in [0.5, 0.6) is 11.5 Å². The molecule has 2 N–H and O–H groups in total. The van der Waals surface area contributed by atoms with E-state index in [4.69, 9.17) is 20.8 Å². The molecule has 7 nitrogen and oxygen atoms in total. The van der Waals surface area contributed by atoms with Crippen molar-refractivity contribution in [3.8, 4) is 11.5 Å². The van der Waals surface area contributed by atoms with Crippen molar-refractivity contribution in [1.29, 1.82) is 0 Å². The maximum Gasteiger partial charge on any atom is 0.290 e.